The number of rotatable bonds is 6. The number of hydrogen-bond acceptors (Lipinski definition) is 4. The van der Waals surface area contributed by atoms with Gasteiger partial charge in [-0.2, -0.15) is 0 Å². The third kappa shape index (κ3) is 3.43. The van der Waals surface area contributed by atoms with Gasteiger partial charge in [-0.1, -0.05) is 53.8 Å². The lowest BCUT2D eigenvalue weighted by Crippen LogP contribution is -2.27. The van der Waals surface area contributed by atoms with Crippen molar-refractivity contribution in [3.05, 3.63) is 60.2 Å². The number of carbonyl (C=O) groups is 1. The first-order chi connectivity index (χ1) is 10.7. The van der Waals surface area contributed by atoms with Crippen LogP contribution in [0.15, 0.2) is 54.6 Å². The van der Waals surface area contributed by atoms with Crippen LogP contribution in [0.3, 0.4) is 0 Å². The number of thiazole rings is 1. The molecular formula is C17H17N3OS. The molecule has 0 saturated heterocycles. The molecule has 0 unspecified atom stereocenters. The molecule has 3 aromatic rings. The van der Waals surface area contributed by atoms with Crippen molar-refractivity contribution in [2.75, 3.05) is 11.4 Å². The lowest BCUT2D eigenvalue weighted by Gasteiger charge is -2.21. The molecule has 1 aromatic heterocycles. The maximum atomic E-state index is 11.1. The molecule has 1 amide bonds. The van der Waals surface area contributed by atoms with E-state index >= 15 is 0 Å². The van der Waals surface area contributed by atoms with E-state index in [9.17, 15) is 4.79 Å². The van der Waals surface area contributed by atoms with Gasteiger partial charge in [0.25, 0.3) is 0 Å². The number of amides is 1. The quantitative estimate of drug-likeness (QED) is 0.760. The van der Waals surface area contributed by atoms with Gasteiger partial charge in [0, 0.05) is 19.5 Å². The van der Waals surface area contributed by atoms with E-state index in [0.717, 1.165) is 15.3 Å². The zero-order chi connectivity index (χ0) is 15.4. The fraction of sp³-hybridized carbons (Fsp3) is 0.176. The lowest BCUT2D eigenvalue weighted by molar-refractivity contribution is -0.117. The van der Waals surface area contributed by atoms with Gasteiger partial charge in [-0.3, -0.25) is 4.79 Å². The average Bonchev–Trinajstić information content (AvgIpc) is 2.96. The van der Waals surface area contributed by atoms with Crippen LogP contribution in [0.25, 0.3) is 10.2 Å². The standard InChI is InChI=1S/C17H17N3OS/c18-16(21)10-11-20(12-13-6-2-1-3-7-13)17-19-14-8-4-5-9-15(14)22-17/h1-9H,10-12H2,(H2,18,21). The summed E-state index contributed by atoms with van der Waals surface area (Å²) < 4.78 is 1.15. The summed E-state index contributed by atoms with van der Waals surface area (Å²) in [6, 6.07) is 18.2. The molecular weight excluding hydrogens is 294 g/mol. The van der Waals surface area contributed by atoms with Crippen molar-refractivity contribution in [3.8, 4) is 0 Å². The lowest BCUT2D eigenvalue weighted by atomic mass is 10.2. The molecule has 0 aliphatic carbocycles. The number of benzene rings is 2. The number of hydrogen-bond donors (Lipinski definition) is 1. The number of nitrogens with two attached hydrogens (primary N) is 1. The van der Waals surface area contributed by atoms with Crippen molar-refractivity contribution in [1.29, 1.82) is 0 Å². The van der Waals surface area contributed by atoms with Gasteiger partial charge >= 0.3 is 0 Å². The molecule has 4 nitrogen and oxygen atoms in total. The number of para-hydroxylation sites is 1. The Balaban J connectivity index is 1.88. The van der Waals surface area contributed by atoms with Gasteiger partial charge in [-0.25, -0.2) is 4.98 Å². The van der Waals surface area contributed by atoms with Crippen LogP contribution in [0.1, 0.15) is 12.0 Å². The fourth-order valence-corrected chi connectivity index (χ4v) is 3.28. The summed E-state index contributed by atoms with van der Waals surface area (Å²) >= 11 is 1.64. The smallest absolute Gasteiger partial charge is 0.219 e. The first-order valence-electron chi connectivity index (χ1n) is 7.15. The van der Waals surface area contributed by atoms with Crippen LogP contribution in [0, 0.1) is 0 Å². The molecule has 2 N–H and O–H groups in total. The summed E-state index contributed by atoms with van der Waals surface area (Å²) in [7, 11) is 0. The van der Waals surface area contributed by atoms with Crippen molar-refractivity contribution >= 4 is 32.6 Å². The first kappa shape index (κ1) is 14.5. The fourth-order valence-electron chi connectivity index (χ4n) is 2.29. The predicted octanol–water partition coefficient (Wildman–Crippen LogP) is 3.18. The summed E-state index contributed by atoms with van der Waals surface area (Å²) in [5, 5.41) is 0.923. The van der Waals surface area contributed by atoms with Gasteiger partial charge in [0.15, 0.2) is 5.13 Å². The Bertz CT molecular complexity index is 737. The van der Waals surface area contributed by atoms with Crippen molar-refractivity contribution in [1.82, 2.24) is 4.98 Å². The Morgan fingerprint density at radius 3 is 2.55 bits per heavy atom. The Morgan fingerprint density at radius 1 is 1.09 bits per heavy atom. The molecule has 3 rings (SSSR count). The van der Waals surface area contributed by atoms with E-state index in [1.165, 1.54) is 5.56 Å². The summed E-state index contributed by atoms with van der Waals surface area (Å²) in [5.74, 6) is -0.292. The van der Waals surface area contributed by atoms with E-state index in [1.54, 1.807) is 11.3 Å². The Labute approximate surface area is 133 Å². The molecule has 22 heavy (non-hydrogen) atoms. The maximum absolute atomic E-state index is 11.1. The second kappa shape index (κ2) is 6.58. The number of primary amides is 1. The molecule has 0 spiro atoms. The summed E-state index contributed by atoms with van der Waals surface area (Å²) in [6.07, 6.45) is 0.322. The van der Waals surface area contributed by atoms with E-state index < -0.39 is 0 Å². The highest BCUT2D eigenvalue weighted by molar-refractivity contribution is 7.22. The first-order valence-corrected chi connectivity index (χ1v) is 7.97. The molecule has 0 radical (unpaired) electrons. The number of fused-ring (bicyclic) bond motifs is 1. The minimum absolute atomic E-state index is 0.292. The number of anilines is 1. The maximum Gasteiger partial charge on any atom is 0.219 e. The molecule has 0 fully saturated rings. The molecule has 1 heterocycles. The van der Waals surface area contributed by atoms with Crippen LogP contribution in [0.4, 0.5) is 5.13 Å². The SMILES string of the molecule is NC(=O)CCN(Cc1ccccc1)c1nc2ccccc2s1. The highest BCUT2D eigenvalue weighted by Crippen LogP contribution is 2.29. The molecule has 0 atom stereocenters. The van der Waals surface area contributed by atoms with Gasteiger partial charge in [-0.15, -0.1) is 0 Å². The van der Waals surface area contributed by atoms with Gasteiger partial charge in [0.1, 0.15) is 0 Å². The van der Waals surface area contributed by atoms with Gasteiger partial charge < -0.3 is 10.6 Å². The Kier molecular flexibility index (Phi) is 4.34. The largest absolute Gasteiger partial charge is 0.370 e. The second-order valence-electron chi connectivity index (χ2n) is 5.09. The van der Waals surface area contributed by atoms with E-state index in [4.69, 9.17) is 5.73 Å². The topological polar surface area (TPSA) is 59.2 Å². The van der Waals surface area contributed by atoms with Gasteiger partial charge in [0.05, 0.1) is 10.2 Å². The van der Waals surface area contributed by atoms with E-state index in [2.05, 4.69) is 28.1 Å². The van der Waals surface area contributed by atoms with Crippen LogP contribution in [0.2, 0.25) is 0 Å². The highest BCUT2D eigenvalue weighted by Gasteiger charge is 2.13. The molecule has 0 saturated carbocycles. The molecule has 2 aromatic carbocycles. The van der Waals surface area contributed by atoms with Crippen LogP contribution < -0.4 is 10.6 Å². The van der Waals surface area contributed by atoms with Crippen LogP contribution in [0.5, 0.6) is 0 Å². The number of nitrogens with zero attached hydrogens (tertiary/aromatic N) is 2. The molecule has 112 valence electrons. The average molecular weight is 311 g/mol. The Morgan fingerprint density at radius 2 is 1.82 bits per heavy atom. The van der Waals surface area contributed by atoms with E-state index in [-0.39, 0.29) is 5.91 Å². The summed E-state index contributed by atoms with van der Waals surface area (Å²) in [4.78, 5) is 17.9. The van der Waals surface area contributed by atoms with Crippen molar-refractivity contribution < 1.29 is 4.79 Å². The number of carbonyl (C=O) groups excluding carboxylic acids is 1. The third-order valence-electron chi connectivity index (χ3n) is 3.40. The highest BCUT2D eigenvalue weighted by atomic mass is 32.1. The van der Waals surface area contributed by atoms with E-state index in [0.29, 0.717) is 19.5 Å². The predicted molar refractivity (Wildman–Crippen MR) is 90.9 cm³/mol. The number of aromatic nitrogens is 1. The normalized spacial score (nSPS) is 10.7. The van der Waals surface area contributed by atoms with Gasteiger partial charge in [-0.05, 0) is 17.7 Å². The minimum Gasteiger partial charge on any atom is -0.370 e. The third-order valence-corrected chi connectivity index (χ3v) is 4.49. The van der Waals surface area contributed by atoms with Gasteiger partial charge in [0.2, 0.25) is 5.91 Å². The zero-order valence-electron chi connectivity index (χ0n) is 12.1. The Hall–Kier alpha value is -2.40. The molecule has 0 aliphatic heterocycles. The van der Waals surface area contributed by atoms with Crippen LogP contribution in [-0.4, -0.2) is 17.4 Å². The van der Waals surface area contributed by atoms with E-state index in [1.807, 2.05) is 36.4 Å². The monoisotopic (exact) mass is 311 g/mol. The minimum atomic E-state index is -0.292. The zero-order valence-corrected chi connectivity index (χ0v) is 12.9. The van der Waals surface area contributed by atoms with Crippen molar-refractivity contribution in [2.45, 2.75) is 13.0 Å². The van der Waals surface area contributed by atoms with Crippen LogP contribution >= 0.6 is 11.3 Å². The summed E-state index contributed by atoms with van der Waals surface area (Å²) in [5.41, 5.74) is 7.48. The molecule has 0 aliphatic rings. The van der Waals surface area contributed by atoms with Crippen LogP contribution in [-0.2, 0) is 11.3 Å². The second-order valence-corrected chi connectivity index (χ2v) is 6.10. The molecule has 5 heteroatoms. The summed E-state index contributed by atoms with van der Waals surface area (Å²) in [6.45, 7) is 1.29. The van der Waals surface area contributed by atoms with Crippen molar-refractivity contribution in [3.63, 3.8) is 0 Å². The molecule has 0 bridgehead atoms. The van der Waals surface area contributed by atoms with Crippen molar-refractivity contribution in [2.24, 2.45) is 5.73 Å².